The zero-order chi connectivity index (χ0) is 26.5. The molecule has 3 aromatic rings. The highest BCUT2D eigenvalue weighted by atomic mass is 19.1. The second kappa shape index (κ2) is 11.8. The Balaban J connectivity index is 1.39. The monoisotopic (exact) mass is 514 g/mol. The third kappa shape index (κ3) is 5.93. The zero-order valence-electron chi connectivity index (χ0n) is 21.7. The van der Waals surface area contributed by atoms with Crippen LogP contribution in [0.15, 0.2) is 95.8 Å². The van der Waals surface area contributed by atoms with Crippen LogP contribution >= 0.6 is 0 Å². The number of hydrogen-bond donors (Lipinski definition) is 0. The van der Waals surface area contributed by atoms with Gasteiger partial charge in [0.2, 0.25) is 0 Å². The molecule has 1 aliphatic carbocycles. The molecule has 0 spiro atoms. The summed E-state index contributed by atoms with van der Waals surface area (Å²) in [7, 11) is 0. The SMILES string of the molecule is CC/C=C1/C=CC(C(c2ccc(F)cc2)c2ccc(F)cc2)=NN1CCCc1cc(C2CCC2)ccc1F. The van der Waals surface area contributed by atoms with Gasteiger partial charge in [0.15, 0.2) is 0 Å². The van der Waals surface area contributed by atoms with Crippen molar-refractivity contribution < 1.29 is 13.2 Å². The average molecular weight is 515 g/mol. The Kier molecular flexibility index (Phi) is 8.11. The first-order valence-corrected chi connectivity index (χ1v) is 13.6. The van der Waals surface area contributed by atoms with Crippen LogP contribution in [0.4, 0.5) is 13.2 Å². The lowest BCUT2D eigenvalue weighted by molar-refractivity contribution is 0.362. The normalized spacial score (nSPS) is 16.7. The molecule has 1 fully saturated rings. The van der Waals surface area contributed by atoms with Gasteiger partial charge in [0.1, 0.15) is 17.5 Å². The summed E-state index contributed by atoms with van der Waals surface area (Å²) in [6.07, 6.45) is 12.0. The van der Waals surface area contributed by atoms with E-state index in [-0.39, 0.29) is 23.4 Å². The number of hydrogen-bond acceptors (Lipinski definition) is 2. The highest BCUT2D eigenvalue weighted by molar-refractivity contribution is 6.03. The summed E-state index contributed by atoms with van der Waals surface area (Å²) in [6, 6.07) is 18.3. The predicted molar refractivity (Wildman–Crippen MR) is 148 cm³/mol. The minimum Gasteiger partial charge on any atom is -0.266 e. The van der Waals surface area contributed by atoms with E-state index in [9.17, 15) is 13.2 Å². The third-order valence-corrected chi connectivity index (χ3v) is 7.54. The van der Waals surface area contributed by atoms with Crippen molar-refractivity contribution in [2.75, 3.05) is 6.54 Å². The van der Waals surface area contributed by atoms with Crippen molar-refractivity contribution in [3.05, 3.63) is 130 Å². The van der Waals surface area contributed by atoms with Crippen LogP contribution in [0.25, 0.3) is 0 Å². The summed E-state index contributed by atoms with van der Waals surface area (Å²) in [5.41, 5.74) is 5.55. The van der Waals surface area contributed by atoms with Crippen LogP contribution in [0, 0.1) is 17.5 Å². The third-order valence-electron chi connectivity index (χ3n) is 7.54. The molecular formula is C33H33F3N2. The van der Waals surface area contributed by atoms with Gasteiger partial charge in [-0.05, 0) is 103 Å². The van der Waals surface area contributed by atoms with E-state index in [0.29, 0.717) is 18.9 Å². The Labute approximate surface area is 223 Å². The summed E-state index contributed by atoms with van der Waals surface area (Å²) in [5.74, 6) is -0.475. The van der Waals surface area contributed by atoms with Crippen LogP contribution in [-0.2, 0) is 6.42 Å². The van der Waals surface area contributed by atoms with E-state index in [4.69, 9.17) is 5.10 Å². The van der Waals surface area contributed by atoms with Crippen molar-refractivity contribution in [2.45, 2.75) is 57.3 Å². The van der Waals surface area contributed by atoms with Gasteiger partial charge in [0, 0.05) is 6.54 Å². The fraction of sp³-hybridized carbons (Fsp3) is 0.303. The van der Waals surface area contributed by atoms with Gasteiger partial charge in [-0.1, -0.05) is 55.8 Å². The maximum atomic E-state index is 14.6. The molecule has 2 aliphatic rings. The highest BCUT2D eigenvalue weighted by Crippen LogP contribution is 2.37. The maximum Gasteiger partial charge on any atom is 0.126 e. The second-order valence-corrected chi connectivity index (χ2v) is 10.1. The molecule has 1 heterocycles. The van der Waals surface area contributed by atoms with Crippen molar-refractivity contribution in [2.24, 2.45) is 5.10 Å². The number of aryl methyl sites for hydroxylation is 1. The Hall–Kier alpha value is -3.60. The minimum atomic E-state index is -0.309. The van der Waals surface area contributed by atoms with Gasteiger partial charge in [-0.15, -0.1) is 0 Å². The van der Waals surface area contributed by atoms with Crippen molar-refractivity contribution in [3.63, 3.8) is 0 Å². The lowest BCUT2D eigenvalue weighted by Gasteiger charge is -2.28. The molecule has 1 saturated carbocycles. The molecule has 0 radical (unpaired) electrons. The van der Waals surface area contributed by atoms with Crippen LogP contribution < -0.4 is 0 Å². The number of rotatable bonds is 9. The van der Waals surface area contributed by atoms with Crippen LogP contribution in [0.5, 0.6) is 0 Å². The molecule has 0 saturated heterocycles. The molecule has 1 aliphatic heterocycles. The highest BCUT2D eigenvalue weighted by Gasteiger charge is 2.24. The lowest BCUT2D eigenvalue weighted by atomic mass is 9.79. The van der Waals surface area contributed by atoms with Crippen LogP contribution in [-0.4, -0.2) is 17.3 Å². The molecule has 2 nitrogen and oxygen atoms in total. The molecule has 196 valence electrons. The van der Waals surface area contributed by atoms with Gasteiger partial charge in [0.05, 0.1) is 17.3 Å². The lowest BCUT2D eigenvalue weighted by Crippen LogP contribution is -2.26. The number of hydrazone groups is 1. The van der Waals surface area contributed by atoms with E-state index in [1.807, 2.05) is 29.3 Å². The Morgan fingerprint density at radius 2 is 1.55 bits per heavy atom. The van der Waals surface area contributed by atoms with Gasteiger partial charge in [-0.3, -0.25) is 5.01 Å². The Morgan fingerprint density at radius 1 is 0.895 bits per heavy atom. The zero-order valence-corrected chi connectivity index (χ0v) is 21.7. The first kappa shape index (κ1) is 26.0. The average Bonchev–Trinajstić information content (AvgIpc) is 2.88. The van der Waals surface area contributed by atoms with Gasteiger partial charge in [0.25, 0.3) is 0 Å². The smallest absolute Gasteiger partial charge is 0.126 e. The molecule has 5 heteroatoms. The molecule has 0 bridgehead atoms. The maximum absolute atomic E-state index is 14.6. The summed E-state index contributed by atoms with van der Waals surface area (Å²) in [5, 5.41) is 6.99. The quantitative estimate of drug-likeness (QED) is 0.279. The fourth-order valence-electron chi connectivity index (χ4n) is 5.25. The number of allylic oxidation sites excluding steroid dienone is 3. The number of nitrogens with zero attached hydrogens (tertiary/aromatic N) is 2. The number of halogens is 3. The van der Waals surface area contributed by atoms with Gasteiger partial charge >= 0.3 is 0 Å². The van der Waals surface area contributed by atoms with Crippen molar-refractivity contribution in [1.82, 2.24) is 5.01 Å². The fourth-order valence-corrected chi connectivity index (χ4v) is 5.25. The van der Waals surface area contributed by atoms with E-state index in [2.05, 4.69) is 13.0 Å². The summed E-state index contributed by atoms with van der Waals surface area (Å²) in [6.45, 7) is 2.71. The van der Waals surface area contributed by atoms with Gasteiger partial charge in [-0.2, -0.15) is 5.10 Å². The van der Waals surface area contributed by atoms with Crippen molar-refractivity contribution in [1.29, 1.82) is 0 Å². The van der Waals surface area contributed by atoms with E-state index >= 15 is 0 Å². The van der Waals surface area contributed by atoms with Crippen LogP contribution in [0.1, 0.15) is 73.1 Å². The van der Waals surface area contributed by atoms with Crippen molar-refractivity contribution >= 4 is 5.71 Å². The summed E-state index contributed by atoms with van der Waals surface area (Å²) >= 11 is 0. The van der Waals surface area contributed by atoms with Gasteiger partial charge in [-0.25, -0.2) is 13.2 Å². The summed E-state index contributed by atoms with van der Waals surface area (Å²) < 4.78 is 42.0. The topological polar surface area (TPSA) is 15.6 Å². The predicted octanol–water partition coefficient (Wildman–Crippen LogP) is 8.66. The van der Waals surface area contributed by atoms with E-state index in [1.54, 1.807) is 30.3 Å². The molecule has 0 unspecified atom stereocenters. The van der Waals surface area contributed by atoms with Crippen LogP contribution in [0.2, 0.25) is 0 Å². The Morgan fingerprint density at radius 3 is 2.13 bits per heavy atom. The Bertz CT molecular complexity index is 1290. The molecule has 0 N–H and O–H groups in total. The van der Waals surface area contributed by atoms with E-state index in [0.717, 1.165) is 40.9 Å². The molecule has 38 heavy (non-hydrogen) atoms. The molecule has 0 aromatic heterocycles. The molecule has 0 amide bonds. The largest absolute Gasteiger partial charge is 0.266 e. The molecule has 3 aromatic carbocycles. The van der Waals surface area contributed by atoms with Gasteiger partial charge < -0.3 is 0 Å². The van der Waals surface area contributed by atoms with E-state index < -0.39 is 0 Å². The molecular weight excluding hydrogens is 481 g/mol. The van der Waals surface area contributed by atoms with E-state index in [1.165, 1.54) is 49.1 Å². The molecule has 0 atom stereocenters. The standard InChI is InChI=1S/C33H33F3N2/c1-2-5-30-18-20-32(33(24-9-14-28(34)15-10-24)25-11-16-29(35)17-12-25)37-38(30)21-4-8-27-22-26(13-19-31(27)36)23-6-3-7-23/h5,9-20,22-23,33H,2-4,6-8,21H2,1H3/b30-5-. The minimum absolute atomic E-state index is 0.146. The first-order valence-electron chi connectivity index (χ1n) is 13.6. The van der Waals surface area contributed by atoms with Crippen LogP contribution in [0.3, 0.4) is 0 Å². The second-order valence-electron chi connectivity index (χ2n) is 10.1. The first-order chi connectivity index (χ1) is 18.5. The summed E-state index contributed by atoms with van der Waals surface area (Å²) in [4.78, 5) is 0. The molecule has 5 rings (SSSR count). The van der Waals surface area contributed by atoms with Crippen molar-refractivity contribution in [3.8, 4) is 0 Å². The number of benzene rings is 3.